The van der Waals surface area contributed by atoms with Crippen LogP contribution in [0.1, 0.15) is 29.6 Å². The molecule has 4 heteroatoms. The van der Waals surface area contributed by atoms with Gasteiger partial charge in [-0.05, 0) is 24.5 Å². The Hall–Kier alpha value is -1.84. The van der Waals surface area contributed by atoms with E-state index in [1.165, 1.54) is 12.8 Å². The summed E-state index contributed by atoms with van der Waals surface area (Å²) in [5.74, 6) is 0.854. The number of carbonyl (C=O) groups is 1. The van der Waals surface area contributed by atoms with Crippen LogP contribution in [0.15, 0.2) is 24.4 Å². The lowest BCUT2D eigenvalue weighted by Crippen LogP contribution is -2.24. The van der Waals surface area contributed by atoms with Crippen LogP contribution in [0.4, 0.5) is 0 Å². The van der Waals surface area contributed by atoms with Gasteiger partial charge in [-0.2, -0.15) is 5.10 Å². The Morgan fingerprint density at radius 3 is 3.18 bits per heavy atom. The van der Waals surface area contributed by atoms with E-state index in [2.05, 4.69) is 15.5 Å². The van der Waals surface area contributed by atoms with Crippen molar-refractivity contribution in [1.82, 2.24) is 15.5 Å². The Morgan fingerprint density at radius 2 is 2.35 bits per heavy atom. The Bertz CT molecular complexity index is 542. The number of hydrogen-bond donors (Lipinski definition) is 2. The summed E-state index contributed by atoms with van der Waals surface area (Å²) in [4.78, 5) is 11.9. The number of aromatic nitrogens is 2. The Labute approximate surface area is 99.4 Å². The number of H-pyrrole nitrogens is 1. The van der Waals surface area contributed by atoms with Gasteiger partial charge in [-0.1, -0.05) is 18.9 Å². The number of benzene rings is 1. The van der Waals surface area contributed by atoms with Crippen LogP contribution in [0.25, 0.3) is 10.9 Å². The standard InChI is InChI=1S/C13H15N3O/c17-13(14-6-5-9-1-2-9)10-3-4-11-8-15-16-12(11)7-10/h3-4,7-9H,1-2,5-6H2,(H,14,17)(H,15,16). The number of aromatic amines is 1. The van der Waals surface area contributed by atoms with Crippen molar-refractivity contribution >= 4 is 16.8 Å². The zero-order chi connectivity index (χ0) is 11.7. The molecular formula is C13H15N3O. The third kappa shape index (κ3) is 2.30. The van der Waals surface area contributed by atoms with Gasteiger partial charge in [-0.15, -0.1) is 0 Å². The SMILES string of the molecule is O=C(NCCC1CC1)c1ccc2cn[nH]c2c1. The maximum absolute atomic E-state index is 11.9. The first-order valence-corrected chi connectivity index (χ1v) is 6.04. The fourth-order valence-electron chi connectivity index (χ4n) is 1.98. The minimum atomic E-state index is 0.00199. The molecule has 1 fully saturated rings. The third-order valence-electron chi connectivity index (χ3n) is 3.24. The van der Waals surface area contributed by atoms with Crippen LogP contribution < -0.4 is 5.32 Å². The van der Waals surface area contributed by atoms with Crippen molar-refractivity contribution in [2.75, 3.05) is 6.54 Å². The van der Waals surface area contributed by atoms with Crippen molar-refractivity contribution < 1.29 is 4.79 Å². The van der Waals surface area contributed by atoms with Crippen molar-refractivity contribution in [3.63, 3.8) is 0 Å². The van der Waals surface area contributed by atoms with Crippen molar-refractivity contribution in [3.8, 4) is 0 Å². The molecule has 1 aliphatic carbocycles. The highest BCUT2D eigenvalue weighted by Gasteiger charge is 2.20. The number of rotatable bonds is 4. The van der Waals surface area contributed by atoms with Gasteiger partial charge in [0.2, 0.25) is 0 Å². The van der Waals surface area contributed by atoms with E-state index in [1.807, 2.05) is 18.2 Å². The number of nitrogens with zero attached hydrogens (tertiary/aromatic N) is 1. The van der Waals surface area contributed by atoms with Gasteiger partial charge in [-0.25, -0.2) is 0 Å². The predicted molar refractivity (Wildman–Crippen MR) is 65.8 cm³/mol. The van der Waals surface area contributed by atoms with Crippen molar-refractivity contribution in [1.29, 1.82) is 0 Å². The first-order chi connectivity index (χ1) is 8.33. The van der Waals surface area contributed by atoms with E-state index in [1.54, 1.807) is 6.20 Å². The summed E-state index contributed by atoms with van der Waals surface area (Å²) in [6, 6.07) is 5.59. The molecule has 3 rings (SSSR count). The molecule has 0 spiro atoms. The summed E-state index contributed by atoms with van der Waals surface area (Å²) in [6.45, 7) is 0.782. The normalized spacial score (nSPS) is 15.1. The number of carbonyl (C=O) groups excluding carboxylic acids is 1. The van der Waals surface area contributed by atoms with E-state index in [4.69, 9.17) is 0 Å². The highest BCUT2D eigenvalue weighted by atomic mass is 16.1. The van der Waals surface area contributed by atoms with Crippen molar-refractivity contribution in [3.05, 3.63) is 30.0 Å². The van der Waals surface area contributed by atoms with Gasteiger partial charge in [-0.3, -0.25) is 9.89 Å². The molecule has 1 aromatic carbocycles. The summed E-state index contributed by atoms with van der Waals surface area (Å²) >= 11 is 0. The molecule has 0 atom stereocenters. The minimum absolute atomic E-state index is 0.00199. The van der Waals surface area contributed by atoms with Crippen LogP contribution in [0, 0.1) is 5.92 Å². The fourth-order valence-corrected chi connectivity index (χ4v) is 1.98. The first-order valence-electron chi connectivity index (χ1n) is 6.04. The lowest BCUT2D eigenvalue weighted by atomic mass is 10.1. The molecule has 0 radical (unpaired) electrons. The second-order valence-electron chi connectivity index (χ2n) is 4.66. The van der Waals surface area contributed by atoms with E-state index in [9.17, 15) is 4.79 Å². The Balaban J connectivity index is 1.66. The van der Waals surface area contributed by atoms with Crippen LogP contribution in [0.3, 0.4) is 0 Å². The largest absolute Gasteiger partial charge is 0.352 e. The maximum Gasteiger partial charge on any atom is 0.251 e. The van der Waals surface area contributed by atoms with Gasteiger partial charge in [0.05, 0.1) is 11.7 Å². The molecule has 0 unspecified atom stereocenters. The number of amides is 1. The second-order valence-corrected chi connectivity index (χ2v) is 4.66. The summed E-state index contributed by atoms with van der Waals surface area (Å²) in [5.41, 5.74) is 1.59. The quantitative estimate of drug-likeness (QED) is 0.843. The molecule has 2 N–H and O–H groups in total. The minimum Gasteiger partial charge on any atom is -0.352 e. The summed E-state index contributed by atoms with van der Waals surface area (Å²) in [5, 5.41) is 10.8. The van der Waals surface area contributed by atoms with Gasteiger partial charge < -0.3 is 5.32 Å². The van der Waals surface area contributed by atoms with E-state index in [0.717, 1.165) is 29.8 Å². The average molecular weight is 229 g/mol. The Morgan fingerprint density at radius 1 is 1.47 bits per heavy atom. The topological polar surface area (TPSA) is 57.8 Å². The van der Waals surface area contributed by atoms with Crippen LogP contribution >= 0.6 is 0 Å². The monoisotopic (exact) mass is 229 g/mol. The lowest BCUT2D eigenvalue weighted by Gasteiger charge is -2.04. The van der Waals surface area contributed by atoms with E-state index < -0.39 is 0 Å². The van der Waals surface area contributed by atoms with Crippen LogP contribution in [-0.4, -0.2) is 22.6 Å². The van der Waals surface area contributed by atoms with Crippen LogP contribution in [0.5, 0.6) is 0 Å². The third-order valence-corrected chi connectivity index (χ3v) is 3.24. The highest BCUT2D eigenvalue weighted by molar-refractivity contribution is 5.97. The summed E-state index contributed by atoms with van der Waals surface area (Å²) in [6.07, 6.45) is 5.52. The molecule has 1 saturated carbocycles. The second kappa shape index (κ2) is 4.20. The molecule has 1 heterocycles. The zero-order valence-electron chi connectivity index (χ0n) is 9.57. The van der Waals surface area contributed by atoms with Gasteiger partial charge in [0.15, 0.2) is 0 Å². The number of fused-ring (bicyclic) bond motifs is 1. The molecule has 0 bridgehead atoms. The number of nitrogens with one attached hydrogen (secondary N) is 2. The van der Waals surface area contributed by atoms with E-state index in [0.29, 0.717) is 5.56 Å². The zero-order valence-corrected chi connectivity index (χ0v) is 9.57. The Kier molecular flexibility index (Phi) is 2.55. The molecule has 88 valence electrons. The molecule has 0 saturated heterocycles. The summed E-state index contributed by atoms with van der Waals surface area (Å²) < 4.78 is 0. The molecule has 2 aromatic rings. The highest BCUT2D eigenvalue weighted by Crippen LogP contribution is 2.31. The molecule has 1 amide bonds. The average Bonchev–Trinajstić information content (AvgIpc) is 3.04. The molecular weight excluding hydrogens is 214 g/mol. The lowest BCUT2D eigenvalue weighted by molar-refractivity contribution is 0.0953. The summed E-state index contributed by atoms with van der Waals surface area (Å²) in [7, 11) is 0. The molecule has 4 nitrogen and oxygen atoms in total. The van der Waals surface area contributed by atoms with Gasteiger partial charge in [0, 0.05) is 17.5 Å². The first kappa shape index (κ1) is 10.3. The van der Waals surface area contributed by atoms with Gasteiger partial charge in [0.25, 0.3) is 5.91 Å². The fraction of sp³-hybridized carbons (Fsp3) is 0.385. The maximum atomic E-state index is 11.9. The smallest absolute Gasteiger partial charge is 0.251 e. The van der Waals surface area contributed by atoms with Crippen LogP contribution in [-0.2, 0) is 0 Å². The van der Waals surface area contributed by atoms with Crippen LogP contribution in [0.2, 0.25) is 0 Å². The molecule has 1 aromatic heterocycles. The predicted octanol–water partition coefficient (Wildman–Crippen LogP) is 2.09. The number of hydrogen-bond acceptors (Lipinski definition) is 2. The molecule has 1 aliphatic rings. The van der Waals surface area contributed by atoms with Crippen molar-refractivity contribution in [2.24, 2.45) is 5.92 Å². The molecule has 17 heavy (non-hydrogen) atoms. The van der Waals surface area contributed by atoms with Gasteiger partial charge in [0.1, 0.15) is 0 Å². The van der Waals surface area contributed by atoms with Crippen molar-refractivity contribution in [2.45, 2.75) is 19.3 Å². The molecule has 0 aliphatic heterocycles. The van der Waals surface area contributed by atoms with E-state index >= 15 is 0 Å². The van der Waals surface area contributed by atoms with Gasteiger partial charge >= 0.3 is 0 Å². The van der Waals surface area contributed by atoms with E-state index in [-0.39, 0.29) is 5.91 Å².